The Morgan fingerprint density at radius 2 is 2.75 bits per heavy atom. The molecule has 0 aliphatic carbocycles. The van der Waals surface area contributed by atoms with Gasteiger partial charge in [0.15, 0.2) is 6.04 Å². The van der Waals surface area contributed by atoms with E-state index in [1.165, 1.54) is 12.8 Å². The van der Waals surface area contributed by atoms with Crippen molar-refractivity contribution in [2.24, 2.45) is 0 Å². The Balaban J connectivity index is 2.20. The molecule has 8 heavy (non-hydrogen) atoms. The van der Waals surface area contributed by atoms with Gasteiger partial charge < -0.3 is 4.65 Å². The summed E-state index contributed by atoms with van der Waals surface area (Å²) in [4.78, 5) is 0. The van der Waals surface area contributed by atoms with Crippen LogP contribution in [0.4, 0.5) is 0 Å². The lowest BCUT2D eigenvalue weighted by atomic mass is 10.2. The van der Waals surface area contributed by atoms with Gasteiger partial charge in [0.1, 0.15) is 6.21 Å². The third kappa shape index (κ3) is 0.510. The van der Waals surface area contributed by atoms with E-state index in [-0.39, 0.29) is 0 Å². The molecule has 2 heterocycles. The van der Waals surface area contributed by atoms with Crippen LogP contribution >= 0.6 is 0 Å². The lowest BCUT2D eigenvalue weighted by Crippen LogP contribution is -2.16. The fourth-order valence-electron chi connectivity index (χ4n) is 1.38. The van der Waals surface area contributed by atoms with Crippen LogP contribution in [0.25, 0.3) is 0 Å². The molecule has 1 atom stereocenters. The highest BCUT2D eigenvalue weighted by Crippen LogP contribution is 2.12. The van der Waals surface area contributed by atoms with E-state index in [1.807, 2.05) is 0 Å². The maximum absolute atomic E-state index is 5.21. The van der Waals surface area contributed by atoms with Gasteiger partial charge in [0.2, 0.25) is 0 Å². The van der Waals surface area contributed by atoms with E-state index in [1.54, 1.807) is 0 Å². The maximum atomic E-state index is 5.21. The van der Waals surface area contributed by atoms with Crippen molar-refractivity contribution in [3.63, 3.8) is 0 Å². The first-order chi connectivity index (χ1) is 3.97. The molecule has 0 radical (unpaired) electrons. The molecule has 0 saturated carbocycles. The van der Waals surface area contributed by atoms with E-state index in [2.05, 4.69) is 10.7 Å². The largest absolute Gasteiger partial charge is 0.638 e. The molecular weight excluding hydrogens is 101 g/mol. The van der Waals surface area contributed by atoms with Gasteiger partial charge >= 0.3 is 7.62 Å². The van der Waals surface area contributed by atoms with Gasteiger partial charge in [-0.25, -0.2) is 0 Å². The van der Waals surface area contributed by atoms with Crippen LogP contribution in [-0.2, 0) is 4.65 Å². The Kier molecular flexibility index (Phi) is 0.905. The standard InChI is InChI=1S/C5H9BNO/c1-2-5-4-8-6-7(5)3-1/h3,5-6H,1-2,4H2/q+1. The summed E-state index contributed by atoms with van der Waals surface area (Å²) in [5.41, 5.74) is 0. The lowest BCUT2D eigenvalue weighted by Gasteiger charge is -1.93. The molecule has 2 aliphatic heterocycles. The zero-order chi connectivity index (χ0) is 5.40. The van der Waals surface area contributed by atoms with Crippen LogP contribution in [0.1, 0.15) is 12.8 Å². The Morgan fingerprint density at radius 3 is 3.62 bits per heavy atom. The van der Waals surface area contributed by atoms with Crippen molar-refractivity contribution < 1.29 is 9.14 Å². The summed E-state index contributed by atoms with van der Waals surface area (Å²) in [6.07, 6.45) is 4.81. The van der Waals surface area contributed by atoms with E-state index in [0.717, 1.165) is 20.3 Å². The van der Waals surface area contributed by atoms with E-state index in [0.29, 0.717) is 0 Å². The van der Waals surface area contributed by atoms with Crippen LogP contribution in [0, 0.1) is 0 Å². The topological polar surface area (TPSA) is 12.2 Å². The molecular formula is C5H9BNO+. The van der Waals surface area contributed by atoms with Gasteiger partial charge in [0.25, 0.3) is 0 Å². The minimum Gasteiger partial charge on any atom is -0.370 e. The zero-order valence-corrected chi connectivity index (χ0v) is 4.84. The molecule has 0 bridgehead atoms. The highest BCUT2D eigenvalue weighted by molar-refractivity contribution is 6.18. The Hall–Kier alpha value is -0.305. The summed E-state index contributed by atoms with van der Waals surface area (Å²) in [5.74, 6) is 0. The van der Waals surface area contributed by atoms with Crippen LogP contribution in [0.3, 0.4) is 0 Å². The van der Waals surface area contributed by atoms with Gasteiger partial charge in [0.05, 0.1) is 6.61 Å². The highest BCUT2D eigenvalue weighted by atomic mass is 16.4. The molecule has 3 heteroatoms. The quantitative estimate of drug-likeness (QED) is 0.384. The fraction of sp³-hybridized carbons (Fsp3) is 0.800. The van der Waals surface area contributed by atoms with Crippen molar-refractivity contribution in [3.8, 4) is 0 Å². The van der Waals surface area contributed by atoms with Crippen molar-refractivity contribution in [2.45, 2.75) is 18.9 Å². The number of hydrogen-bond acceptors (Lipinski definition) is 1. The Labute approximate surface area is 49.5 Å². The smallest absolute Gasteiger partial charge is 0.370 e. The van der Waals surface area contributed by atoms with E-state index in [4.69, 9.17) is 4.65 Å². The second kappa shape index (κ2) is 1.59. The van der Waals surface area contributed by atoms with Crippen molar-refractivity contribution in [3.05, 3.63) is 0 Å². The normalized spacial score (nSPS) is 34.0. The summed E-state index contributed by atoms with van der Waals surface area (Å²) in [6.45, 7) is 0.955. The van der Waals surface area contributed by atoms with Crippen LogP contribution in [0.15, 0.2) is 0 Å². The first kappa shape index (κ1) is 4.56. The highest BCUT2D eigenvalue weighted by Gasteiger charge is 2.33. The van der Waals surface area contributed by atoms with E-state index in [9.17, 15) is 0 Å². The number of nitrogens with zero attached hydrogens (tertiary/aromatic N) is 1. The molecule has 1 unspecified atom stereocenters. The molecule has 0 amide bonds. The minimum atomic E-state index is 0.731. The third-order valence-corrected chi connectivity index (χ3v) is 1.88. The van der Waals surface area contributed by atoms with Gasteiger partial charge in [-0.3, -0.25) is 4.49 Å². The van der Waals surface area contributed by atoms with Crippen LogP contribution in [0.5, 0.6) is 0 Å². The van der Waals surface area contributed by atoms with Gasteiger partial charge in [0, 0.05) is 12.8 Å². The molecule has 0 spiro atoms. The van der Waals surface area contributed by atoms with Gasteiger partial charge in [-0.2, -0.15) is 0 Å². The van der Waals surface area contributed by atoms with Gasteiger partial charge in [-0.1, -0.05) is 0 Å². The number of rotatable bonds is 0. The molecule has 0 aromatic rings. The molecule has 42 valence electrons. The monoisotopic (exact) mass is 110 g/mol. The number of fused-ring (bicyclic) bond motifs is 1. The average molecular weight is 110 g/mol. The fourth-order valence-corrected chi connectivity index (χ4v) is 1.38. The molecule has 2 nitrogen and oxygen atoms in total. The van der Waals surface area contributed by atoms with Crippen LogP contribution in [0.2, 0.25) is 0 Å². The molecule has 0 aromatic heterocycles. The van der Waals surface area contributed by atoms with Crippen molar-refractivity contribution in [1.29, 1.82) is 0 Å². The van der Waals surface area contributed by atoms with Crippen LogP contribution in [-0.4, -0.2) is 31.0 Å². The average Bonchev–Trinajstić information content (AvgIpc) is 2.15. The first-order valence-electron chi connectivity index (χ1n) is 3.13. The molecule has 1 saturated heterocycles. The zero-order valence-electron chi connectivity index (χ0n) is 4.84. The Bertz CT molecular complexity index is 134. The number of hydrogen-bond donors (Lipinski definition) is 0. The first-order valence-corrected chi connectivity index (χ1v) is 3.13. The summed E-state index contributed by atoms with van der Waals surface area (Å²) < 4.78 is 7.50. The van der Waals surface area contributed by atoms with E-state index >= 15 is 0 Å². The SMILES string of the molecule is B1OCC2CCC=[N+]12. The van der Waals surface area contributed by atoms with Crippen molar-refractivity contribution in [1.82, 2.24) is 0 Å². The molecule has 1 fully saturated rings. The van der Waals surface area contributed by atoms with Crippen molar-refractivity contribution >= 4 is 13.8 Å². The second-order valence-corrected chi connectivity index (χ2v) is 2.43. The summed E-state index contributed by atoms with van der Waals surface area (Å²) in [5, 5.41) is 0. The predicted octanol–water partition coefficient (Wildman–Crippen LogP) is -0.471. The van der Waals surface area contributed by atoms with Gasteiger partial charge in [-0.15, -0.1) is 0 Å². The lowest BCUT2D eigenvalue weighted by molar-refractivity contribution is -0.400. The third-order valence-electron chi connectivity index (χ3n) is 1.88. The molecule has 0 N–H and O–H groups in total. The molecule has 2 aliphatic rings. The van der Waals surface area contributed by atoms with Crippen LogP contribution < -0.4 is 0 Å². The van der Waals surface area contributed by atoms with Gasteiger partial charge in [-0.05, 0) is 0 Å². The summed E-state index contributed by atoms with van der Waals surface area (Å²) >= 11 is 0. The minimum absolute atomic E-state index is 0.731. The second-order valence-electron chi connectivity index (χ2n) is 2.43. The predicted molar refractivity (Wildman–Crippen MR) is 32.4 cm³/mol. The Morgan fingerprint density at radius 1 is 1.75 bits per heavy atom. The maximum Gasteiger partial charge on any atom is 0.638 e. The van der Waals surface area contributed by atoms with Crippen molar-refractivity contribution in [2.75, 3.05) is 6.61 Å². The molecule has 0 aromatic carbocycles. The van der Waals surface area contributed by atoms with E-state index < -0.39 is 0 Å². The summed E-state index contributed by atoms with van der Waals surface area (Å²) in [7, 11) is 0.838. The summed E-state index contributed by atoms with van der Waals surface area (Å²) in [6, 6.07) is 0.731. The molecule has 2 rings (SSSR count).